The molecule has 0 bridgehead atoms. The van der Waals surface area contributed by atoms with E-state index in [-0.39, 0.29) is 12.5 Å². The van der Waals surface area contributed by atoms with E-state index in [1.54, 1.807) is 6.20 Å². The highest BCUT2D eigenvalue weighted by Crippen LogP contribution is 2.18. The van der Waals surface area contributed by atoms with Gasteiger partial charge in [-0.2, -0.15) is 0 Å². The monoisotopic (exact) mass is 220 g/mol. The van der Waals surface area contributed by atoms with Gasteiger partial charge in [0.05, 0.1) is 18.4 Å². The lowest BCUT2D eigenvalue weighted by atomic mass is 10.2. The highest BCUT2D eigenvalue weighted by Gasteiger charge is 2.22. The van der Waals surface area contributed by atoms with E-state index in [0.717, 1.165) is 18.4 Å². The second kappa shape index (κ2) is 4.38. The summed E-state index contributed by atoms with van der Waals surface area (Å²) in [4.78, 5) is 15.5. The molecule has 86 valence electrons. The van der Waals surface area contributed by atoms with E-state index in [1.165, 1.54) is 0 Å². The van der Waals surface area contributed by atoms with Crippen molar-refractivity contribution in [1.82, 2.24) is 10.3 Å². The summed E-state index contributed by atoms with van der Waals surface area (Å²) in [5, 5.41) is 5.90. The molecule has 1 aliphatic rings. The Balaban J connectivity index is 1.85. The molecule has 1 fully saturated rings. The zero-order valence-corrected chi connectivity index (χ0v) is 9.29. The molecule has 0 aromatic carbocycles. The number of anilines is 2. The SMILES string of the molecule is Cc1cc(N)cnc1NCC(=O)NC1CC1. The van der Waals surface area contributed by atoms with Crippen molar-refractivity contribution in [3.8, 4) is 0 Å². The number of carbonyl (C=O) groups excluding carboxylic acids is 1. The summed E-state index contributed by atoms with van der Waals surface area (Å²) in [5.41, 5.74) is 7.16. The van der Waals surface area contributed by atoms with Crippen LogP contribution in [-0.2, 0) is 4.79 Å². The molecule has 5 heteroatoms. The topological polar surface area (TPSA) is 80.0 Å². The van der Waals surface area contributed by atoms with Crippen LogP contribution in [0.15, 0.2) is 12.3 Å². The Morgan fingerprint density at radius 2 is 2.38 bits per heavy atom. The van der Waals surface area contributed by atoms with E-state index < -0.39 is 0 Å². The van der Waals surface area contributed by atoms with Gasteiger partial charge in [-0.1, -0.05) is 0 Å². The van der Waals surface area contributed by atoms with Gasteiger partial charge in [-0.05, 0) is 31.4 Å². The Labute approximate surface area is 94.4 Å². The zero-order valence-electron chi connectivity index (χ0n) is 9.29. The average Bonchev–Trinajstić information content (AvgIpc) is 3.00. The van der Waals surface area contributed by atoms with Crippen molar-refractivity contribution in [2.45, 2.75) is 25.8 Å². The first-order chi connectivity index (χ1) is 7.65. The van der Waals surface area contributed by atoms with Gasteiger partial charge in [0, 0.05) is 6.04 Å². The number of aryl methyl sites for hydroxylation is 1. The number of hydrogen-bond donors (Lipinski definition) is 3. The summed E-state index contributed by atoms with van der Waals surface area (Å²) in [6, 6.07) is 2.23. The maximum atomic E-state index is 11.4. The number of aromatic nitrogens is 1. The van der Waals surface area contributed by atoms with Crippen molar-refractivity contribution in [3.63, 3.8) is 0 Å². The number of nitrogen functional groups attached to an aromatic ring is 1. The van der Waals surface area contributed by atoms with E-state index in [4.69, 9.17) is 5.73 Å². The van der Waals surface area contributed by atoms with E-state index in [1.807, 2.05) is 13.0 Å². The molecular weight excluding hydrogens is 204 g/mol. The largest absolute Gasteiger partial charge is 0.397 e. The Morgan fingerprint density at radius 3 is 3.00 bits per heavy atom. The number of pyridine rings is 1. The van der Waals surface area contributed by atoms with Gasteiger partial charge in [0.15, 0.2) is 0 Å². The fourth-order valence-electron chi connectivity index (χ4n) is 1.45. The maximum absolute atomic E-state index is 11.4. The molecule has 5 nitrogen and oxygen atoms in total. The van der Waals surface area contributed by atoms with Crippen LogP contribution in [0, 0.1) is 6.92 Å². The summed E-state index contributed by atoms with van der Waals surface area (Å²) in [7, 11) is 0. The Bertz CT molecular complexity index is 401. The smallest absolute Gasteiger partial charge is 0.239 e. The van der Waals surface area contributed by atoms with E-state index >= 15 is 0 Å². The average molecular weight is 220 g/mol. The Hall–Kier alpha value is -1.78. The predicted molar refractivity (Wildman–Crippen MR) is 63.0 cm³/mol. The molecule has 0 aliphatic heterocycles. The van der Waals surface area contributed by atoms with Gasteiger partial charge >= 0.3 is 0 Å². The molecular formula is C11H16N4O. The fourth-order valence-corrected chi connectivity index (χ4v) is 1.45. The Kier molecular flexibility index (Phi) is 2.94. The summed E-state index contributed by atoms with van der Waals surface area (Å²) in [5.74, 6) is 0.723. The van der Waals surface area contributed by atoms with Gasteiger partial charge in [-0.3, -0.25) is 4.79 Å². The molecule has 1 aromatic heterocycles. The van der Waals surface area contributed by atoms with Crippen molar-refractivity contribution >= 4 is 17.4 Å². The van der Waals surface area contributed by atoms with Gasteiger partial charge in [0.1, 0.15) is 5.82 Å². The van der Waals surface area contributed by atoms with Crippen molar-refractivity contribution in [1.29, 1.82) is 0 Å². The molecule has 0 unspecified atom stereocenters. The number of carbonyl (C=O) groups is 1. The van der Waals surface area contributed by atoms with E-state index in [2.05, 4.69) is 15.6 Å². The molecule has 2 rings (SSSR count). The van der Waals surface area contributed by atoms with Crippen LogP contribution in [0.4, 0.5) is 11.5 Å². The molecule has 1 aliphatic carbocycles. The van der Waals surface area contributed by atoms with Gasteiger partial charge in [-0.15, -0.1) is 0 Å². The number of hydrogen-bond acceptors (Lipinski definition) is 4. The molecule has 1 heterocycles. The predicted octanol–water partition coefficient (Wildman–Crippen LogP) is 0.663. The molecule has 0 spiro atoms. The number of amides is 1. The molecule has 1 amide bonds. The lowest BCUT2D eigenvalue weighted by molar-refractivity contribution is -0.119. The highest BCUT2D eigenvalue weighted by molar-refractivity contribution is 5.81. The summed E-state index contributed by atoms with van der Waals surface area (Å²) >= 11 is 0. The molecule has 0 atom stereocenters. The van der Waals surface area contributed by atoms with Crippen LogP contribution in [-0.4, -0.2) is 23.5 Å². The van der Waals surface area contributed by atoms with Crippen LogP contribution >= 0.6 is 0 Å². The second-order valence-corrected chi connectivity index (χ2v) is 4.13. The van der Waals surface area contributed by atoms with Gasteiger partial charge in [0.25, 0.3) is 0 Å². The molecule has 0 saturated heterocycles. The molecule has 0 radical (unpaired) electrons. The van der Waals surface area contributed by atoms with Crippen molar-refractivity contribution in [2.75, 3.05) is 17.6 Å². The van der Waals surface area contributed by atoms with Crippen molar-refractivity contribution in [2.24, 2.45) is 0 Å². The number of nitrogens with one attached hydrogen (secondary N) is 2. The van der Waals surface area contributed by atoms with E-state index in [0.29, 0.717) is 17.5 Å². The first kappa shape index (κ1) is 10.7. The normalized spacial score (nSPS) is 14.6. The van der Waals surface area contributed by atoms with Crippen LogP contribution in [0.25, 0.3) is 0 Å². The van der Waals surface area contributed by atoms with Gasteiger partial charge in [0.2, 0.25) is 5.91 Å². The third kappa shape index (κ3) is 2.85. The summed E-state index contributed by atoms with van der Waals surface area (Å²) in [6.45, 7) is 2.17. The first-order valence-electron chi connectivity index (χ1n) is 5.40. The minimum atomic E-state index is 0.0144. The standard InChI is InChI=1S/C11H16N4O/c1-7-4-8(12)5-13-11(7)14-6-10(16)15-9-2-3-9/h4-5,9H,2-3,6,12H2,1H3,(H,13,14)(H,15,16). The maximum Gasteiger partial charge on any atom is 0.239 e. The minimum absolute atomic E-state index is 0.0144. The van der Waals surface area contributed by atoms with Crippen LogP contribution in [0.3, 0.4) is 0 Å². The van der Waals surface area contributed by atoms with Crippen LogP contribution in [0.1, 0.15) is 18.4 Å². The van der Waals surface area contributed by atoms with Gasteiger partial charge in [-0.25, -0.2) is 4.98 Å². The number of rotatable bonds is 4. The molecule has 16 heavy (non-hydrogen) atoms. The Morgan fingerprint density at radius 1 is 1.62 bits per heavy atom. The third-order valence-electron chi connectivity index (χ3n) is 2.46. The first-order valence-corrected chi connectivity index (χ1v) is 5.40. The minimum Gasteiger partial charge on any atom is -0.397 e. The van der Waals surface area contributed by atoms with Crippen LogP contribution in [0.2, 0.25) is 0 Å². The van der Waals surface area contributed by atoms with Crippen LogP contribution < -0.4 is 16.4 Å². The summed E-state index contributed by atoms with van der Waals surface area (Å²) in [6.07, 6.45) is 3.78. The second-order valence-electron chi connectivity index (χ2n) is 4.13. The van der Waals surface area contributed by atoms with Crippen molar-refractivity contribution in [3.05, 3.63) is 17.8 Å². The zero-order chi connectivity index (χ0) is 11.5. The molecule has 1 saturated carbocycles. The van der Waals surface area contributed by atoms with E-state index in [9.17, 15) is 4.79 Å². The number of nitrogens with zero attached hydrogens (tertiary/aromatic N) is 1. The third-order valence-corrected chi connectivity index (χ3v) is 2.46. The van der Waals surface area contributed by atoms with Crippen molar-refractivity contribution < 1.29 is 4.79 Å². The fraction of sp³-hybridized carbons (Fsp3) is 0.455. The van der Waals surface area contributed by atoms with Crippen LogP contribution in [0.5, 0.6) is 0 Å². The lowest BCUT2D eigenvalue weighted by Crippen LogP contribution is -2.31. The molecule has 4 N–H and O–H groups in total. The number of nitrogens with two attached hydrogens (primary N) is 1. The lowest BCUT2D eigenvalue weighted by Gasteiger charge is -2.08. The summed E-state index contributed by atoms with van der Waals surface area (Å²) < 4.78 is 0. The highest BCUT2D eigenvalue weighted by atomic mass is 16.2. The molecule has 1 aromatic rings. The van der Waals surface area contributed by atoms with Gasteiger partial charge < -0.3 is 16.4 Å². The quantitative estimate of drug-likeness (QED) is 0.696.